The van der Waals surface area contributed by atoms with Crippen LogP contribution in [-0.2, 0) is 7.05 Å². The minimum atomic E-state index is 0.0238. The summed E-state index contributed by atoms with van der Waals surface area (Å²) in [4.78, 5) is 23.0. The van der Waals surface area contributed by atoms with Crippen molar-refractivity contribution >= 4 is 5.91 Å². The Morgan fingerprint density at radius 3 is 2.76 bits per heavy atom. The lowest BCUT2D eigenvalue weighted by atomic mass is 10.0. The molecule has 2 aromatic heterocycles. The van der Waals surface area contributed by atoms with Crippen LogP contribution >= 0.6 is 0 Å². The van der Waals surface area contributed by atoms with E-state index in [1.54, 1.807) is 17.1 Å². The van der Waals surface area contributed by atoms with Crippen molar-refractivity contribution in [3.05, 3.63) is 35.9 Å². The topological polar surface area (TPSA) is 56.0 Å². The Kier molecular flexibility index (Phi) is 3.53. The van der Waals surface area contributed by atoms with Crippen LogP contribution < -0.4 is 0 Å². The van der Waals surface area contributed by atoms with Gasteiger partial charge in [-0.3, -0.25) is 4.79 Å². The molecule has 3 rings (SSSR count). The molecule has 0 radical (unpaired) electrons. The summed E-state index contributed by atoms with van der Waals surface area (Å²) in [6.07, 6.45) is 7.44. The Bertz CT molecular complexity index is 637. The summed E-state index contributed by atoms with van der Waals surface area (Å²) >= 11 is 0. The van der Waals surface area contributed by atoms with Crippen molar-refractivity contribution < 1.29 is 4.79 Å². The van der Waals surface area contributed by atoms with Crippen LogP contribution in [0, 0.1) is 13.8 Å². The zero-order valence-electron chi connectivity index (χ0n) is 12.8. The van der Waals surface area contributed by atoms with Gasteiger partial charge in [0.2, 0.25) is 0 Å². The molecule has 0 bridgehead atoms. The Labute approximate surface area is 124 Å². The molecular formula is C15H21N5O. The number of hydrogen-bond acceptors (Lipinski definition) is 3. The molecule has 21 heavy (non-hydrogen) atoms. The van der Waals surface area contributed by atoms with Gasteiger partial charge in [0.25, 0.3) is 5.91 Å². The first-order chi connectivity index (χ1) is 10.1. The summed E-state index contributed by atoms with van der Waals surface area (Å²) in [5.74, 6) is 1.04. The summed E-state index contributed by atoms with van der Waals surface area (Å²) in [6.45, 7) is 5.62. The lowest BCUT2D eigenvalue weighted by Crippen LogP contribution is -2.41. The van der Waals surface area contributed by atoms with Crippen LogP contribution in [0.1, 0.15) is 40.9 Å². The number of imidazole rings is 2. The molecule has 1 atom stereocenters. The maximum atomic E-state index is 12.5. The number of carbonyl (C=O) groups is 1. The number of likely N-dealkylation sites (tertiary alicyclic amines) is 1. The average molecular weight is 287 g/mol. The number of aromatic nitrogens is 4. The summed E-state index contributed by atoms with van der Waals surface area (Å²) < 4.78 is 4.05. The normalized spacial score (nSPS) is 19.0. The van der Waals surface area contributed by atoms with Crippen LogP contribution in [0.15, 0.2) is 18.7 Å². The molecule has 1 fully saturated rings. The quantitative estimate of drug-likeness (QED) is 0.845. The first kappa shape index (κ1) is 13.9. The first-order valence-corrected chi connectivity index (χ1v) is 7.34. The third-order valence-corrected chi connectivity index (χ3v) is 4.14. The van der Waals surface area contributed by atoms with E-state index < -0.39 is 0 Å². The molecule has 0 saturated carbocycles. The predicted molar refractivity (Wildman–Crippen MR) is 79.1 cm³/mol. The highest BCUT2D eigenvalue weighted by atomic mass is 16.2. The highest BCUT2D eigenvalue weighted by molar-refractivity contribution is 5.92. The summed E-state index contributed by atoms with van der Waals surface area (Å²) in [5.41, 5.74) is 1.68. The molecule has 0 aromatic carbocycles. The van der Waals surface area contributed by atoms with Gasteiger partial charge in [-0.2, -0.15) is 0 Å². The van der Waals surface area contributed by atoms with Gasteiger partial charge in [-0.15, -0.1) is 0 Å². The van der Waals surface area contributed by atoms with Gasteiger partial charge >= 0.3 is 0 Å². The molecule has 1 aliphatic heterocycles. The van der Waals surface area contributed by atoms with Crippen molar-refractivity contribution in [3.8, 4) is 0 Å². The molecule has 3 heterocycles. The van der Waals surface area contributed by atoms with Gasteiger partial charge in [0.05, 0.1) is 12.4 Å². The second kappa shape index (κ2) is 5.35. The standard InChI is InChI=1S/C15H21N5O/c1-11-7-16-12(2)20(11)13-5-4-6-19(8-13)15(21)14-9-18(3)10-17-14/h7,9-10,13H,4-6,8H2,1-3H3. The Morgan fingerprint density at radius 1 is 1.33 bits per heavy atom. The molecule has 0 aliphatic carbocycles. The third-order valence-electron chi connectivity index (χ3n) is 4.14. The molecule has 1 unspecified atom stereocenters. The van der Waals surface area contributed by atoms with E-state index in [4.69, 9.17) is 0 Å². The number of nitrogens with zero attached hydrogens (tertiary/aromatic N) is 5. The van der Waals surface area contributed by atoms with Crippen molar-refractivity contribution in [2.45, 2.75) is 32.7 Å². The molecule has 1 amide bonds. The molecule has 6 heteroatoms. The highest BCUT2D eigenvalue weighted by Crippen LogP contribution is 2.25. The first-order valence-electron chi connectivity index (χ1n) is 7.34. The lowest BCUT2D eigenvalue weighted by Gasteiger charge is -2.34. The fourth-order valence-corrected chi connectivity index (χ4v) is 3.15. The van der Waals surface area contributed by atoms with Gasteiger partial charge < -0.3 is 14.0 Å². The van der Waals surface area contributed by atoms with Gasteiger partial charge in [-0.1, -0.05) is 0 Å². The van der Waals surface area contributed by atoms with Crippen LogP contribution in [0.2, 0.25) is 0 Å². The number of aryl methyl sites for hydroxylation is 3. The smallest absolute Gasteiger partial charge is 0.274 e. The number of rotatable bonds is 2. The molecule has 6 nitrogen and oxygen atoms in total. The summed E-state index contributed by atoms with van der Waals surface area (Å²) in [7, 11) is 1.88. The van der Waals surface area contributed by atoms with Crippen molar-refractivity contribution in [1.82, 2.24) is 24.0 Å². The number of piperidine rings is 1. The van der Waals surface area contributed by atoms with Crippen LogP contribution in [0.25, 0.3) is 0 Å². The van der Waals surface area contributed by atoms with E-state index in [1.165, 1.54) is 0 Å². The molecule has 2 aromatic rings. The molecule has 0 N–H and O–H groups in total. The van der Waals surface area contributed by atoms with Crippen LogP contribution in [0.3, 0.4) is 0 Å². The average Bonchev–Trinajstić information content (AvgIpc) is 3.04. The van der Waals surface area contributed by atoms with E-state index in [2.05, 4.69) is 21.5 Å². The SMILES string of the molecule is Cc1cnc(C)n1C1CCCN(C(=O)c2cn(C)cn2)C1. The van der Waals surface area contributed by atoms with E-state index in [0.29, 0.717) is 11.7 Å². The van der Waals surface area contributed by atoms with Gasteiger partial charge in [-0.25, -0.2) is 9.97 Å². The van der Waals surface area contributed by atoms with Gasteiger partial charge in [0.1, 0.15) is 11.5 Å². The van der Waals surface area contributed by atoms with E-state index >= 15 is 0 Å². The monoisotopic (exact) mass is 287 g/mol. The van der Waals surface area contributed by atoms with Crippen molar-refractivity contribution in [2.75, 3.05) is 13.1 Å². The Morgan fingerprint density at radius 2 is 2.14 bits per heavy atom. The fraction of sp³-hybridized carbons (Fsp3) is 0.533. The highest BCUT2D eigenvalue weighted by Gasteiger charge is 2.27. The van der Waals surface area contributed by atoms with Crippen molar-refractivity contribution in [3.63, 3.8) is 0 Å². The third kappa shape index (κ3) is 2.57. The summed E-state index contributed by atoms with van der Waals surface area (Å²) in [6, 6.07) is 0.314. The molecule has 1 saturated heterocycles. The van der Waals surface area contributed by atoms with Crippen molar-refractivity contribution in [1.29, 1.82) is 0 Å². The lowest BCUT2D eigenvalue weighted by molar-refractivity contribution is 0.0671. The molecule has 1 aliphatic rings. The van der Waals surface area contributed by atoms with E-state index in [9.17, 15) is 4.79 Å². The molecule has 0 spiro atoms. The zero-order chi connectivity index (χ0) is 15.0. The zero-order valence-corrected chi connectivity index (χ0v) is 12.8. The van der Waals surface area contributed by atoms with E-state index in [0.717, 1.165) is 37.4 Å². The van der Waals surface area contributed by atoms with Crippen LogP contribution in [0.4, 0.5) is 0 Å². The molecular weight excluding hydrogens is 266 g/mol. The van der Waals surface area contributed by atoms with Gasteiger partial charge in [0, 0.05) is 38.2 Å². The van der Waals surface area contributed by atoms with Gasteiger partial charge in [0.15, 0.2) is 0 Å². The second-order valence-corrected chi connectivity index (χ2v) is 5.79. The Hall–Kier alpha value is -2.11. The van der Waals surface area contributed by atoms with E-state index in [-0.39, 0.29) is 5.91 Å². The molecule has 112 valence electrons. The van der Waals surface area contributed by atoms with E-state index in [1.807, 2.05) is 25.1 Å². The number of carbonyl (C=O) groups excluding carboxylic acids is 1. The van der Waals surface area contributed by atoms with Crippen LogP contribution in [-0.4, -0.2) is 43.0 Å². The van der Waals surface area contributed by atoms with Crippen molar-refractivity contribution in [2.24, 2.45) is 7.05 Å². The second-order valence-electron chi connectivity index (χ2n) is 5.79. The Balaban J connectivity index is 1.78. The number of amides is 1. The minimum Gasteiger partial charge on any atom is -0.340 e. The van der Waals surface area contributed by atoms with Gasteiger partial charge in [-0.05, 0) is 26.7 Å². The maximum absolute atomic E-state index is 12.5. The van der Waals surface area contributed by atoms with Crippen LogP contribution in [0.5, 0.6) is 0 Å². The number of hydrogen-bond donors (Lipinski definition) is 0. The summed E-state index contributed by atoms with van der Waals surface area (Å²) in [5, 5.41) is 0. The largest absolute Gasteiger partial charge is 0.340 e. The minimum absolute atomic E-state index is 0.0238. The predicted octanol–water partition coefficient (Wildman–Crippen LogP) is 1.71. The fourth-order valence-electron chi connectivity index (χ4n) is 3.15. The maximum Gasteiger partial charge on any atom is 0.274 e.